The lowest BCUT2D eigenvalue weighted by atomic mass is 9.96. The molecule has 5 nitrogen and oxygen atoms in total. The van der Waals surface area contributed by atoms with Crippen molar-refractivity contribution < 1.29 is 22.3 Å². The maximum Gasteiger partial charge on any atom is 0.309 e. The molecule has 0 spiro atoms. The quantitative estimate of drug-likeness (QED) is 0.812. The van der Waals surface area contributed by atoms with Crippen LogP contribution in [0.15, 0.2) is 24.3 Å². The summed E-state index contributed by atoms with van der Waals surface area (Å²) < 4.78 is 44.5. The number of halogens is 1. The van der Waals surface area contributed by atoms with Gasteiger partial charge in [0.25, 0.3) is 0 Å². The van der Waals surface area contributed by atoms with Gasteiger partial charge in [-0.15, -0.1) is 0 Å². The van der Waals surface area contributed by atoms with Gasteiger partial charge in [-0.1, -0.05) is 19.1 Å². The summed E-state index contributed by atoms with van der Waals surface area (Å²) in [6.45, 7) is 4.73. The largest absolute Gasteiger partial charge is 0.469 e. The van der Waals surface area contributed by atoms with Crippen LogP contribution in [0.2, 0.25) is 0 Å². The van der Waals surface area contributed by atoms with Crippen molar-refractivity contribution >= 4 is 16.0 Å². The predicted molar refractivity (Wildman–Crippen MR) is 77.5 cm³/mol. The molecular weight excluding hydrogens is 297 g/mol. The van der Waals surface area contributed by atoms with Crippen molar-refractivity contribution in [2.75, 3.05) is 12.9 Å². The molecule has 1 rings (SSSR count). The van der Waals surface area contributed by atoms with Crippen LogP contribution in [0.1, 0.15) is 26.3 Å². The highest BCUT2D eigenvalue weighted by molar-refractivity contribution is 7.89. The van der Waals surface area contributed by atoms with Gasteiger partial charge in [-0.3, -0.25) is 4.79 Å². The van der Waals surface area contributed by atoms with E-state index in [0.717, 1.165) is 0 Å². The maximum absolute atomic E-state index is 13.3. The van der Waals surface area contributed by atoms with Crippen LogP contribution in [0.4, 0.5) is 4.39 Å². The zero-order valence-electron chi connectivity index (χ0n) is 12.5. The molecule has 0 aliphatic carbocycles. The van der Waals surface area contributed by atoms with Crippen LogP contribution in [-0.4, -0.2) is 27.2 Å². The van der Waals surface area contributed by atoms with Crippen LogP contribution in [0.3, 0.4) is 0 Å². The van der Waals surface area contributed by atoms with Crippen LogP contribution in [0.25, 0.3) is 0 Å². The molecule has 1 N–H and O–H groups in total. The normalized spacial score (nSPS) is 13.8. The molecule has 0 unspecified atom stereocenters. The lowest BCUT2D eigenvalue weighted by Crippen LogP contribution is -2.43. The summed E-state index contributed by atoms with van der Waals surface area (Å²) in [7, 11) is -2.52. The summed E-state index contributed by atoms with van der Waals surface area (Å²) >= 11 is 0. The third-order valence-electron chi connectivity index (χ3n) is 3.03. The topological polar surface area (TPSA) is 72.5 Å². The number of methoxy groups -OCH3 is 1. The van der Waals surface area contributed by atoms with Gasteiger partial charge in [0.2, 0.25) is 10.0 Å². The Morgan fingerprint density at radius 3 is 2.57 bits per heavy atom. The first-order valence-corrected chi connectivity index (χ1v) is 8.08. The predicted octanol–water partition coefficient (Wildman–Crippen LogP) is 1.79. The number of rotatable bonds is 6. The second kappa shape index (κ2) is 6.53. The molecule has 0 amide bonds. The first-order valence-electron chi connectivity index (χ1n) is 6.43. The highest BCUT2D eigenvalue weighted by atomic mass is 32.2. The van der Waals surface area contributed by atoms with Crippen LogP contribution in [0, 0.1) is 11.7 Å². The minimum Gasteiger partial charge on any atom is -0.469 e. The van der Waals surface area contributed by atoms with Gasteiger partial charge in [0.15, 0.2) is 0 Å². The number of carbonyl (C=O) groups excluding carboxylic acids is 1. The van der Waals surface area contributed by atoms with Crippen LogP contribution >= 0.6 is 0 Å². The molecule has 0 radical (unpaired) electrons. The van der Waals surface area contributed by atoms with E-state index in [1.165, 1.54) is 32.2 Å². The molecule has 118 valence electrons. The fourth-order valence-electron chi connectivity index (χ4n) is 1.96. The summed E-state index contributed by atoms with van der Waals surface area (Å²) in [4.78, 5) is 11.3. The first-order chi connectivity index (χ1) is 9.57. The van der Waals surface area contributed by atoms with E-state index in [1.807, 2.05) is 0 Å². The number of hydrogen-bond donors (Lipinski definition) is 1. The van der Waals surface area contributed by atoms with E-state index >= 15 is 0 Å². The van der Waals surface area contributed by atoms with Gasteiger partial charge >= 0.3 is 5.97 Å². The number of sulfonamides is 1. The van der Waals surface area contributed by atoms with Gasteiger partial charge in [0.05, 0.1) is 24.3 Å². The number of nitrogens with one attached hydrogen (secondary N) is 1. The molecule has 21 heavy (non-hydrogen) atoms. The smallest absolute Gasteiger partial charge is 0.309 e. The Morgan fingerprint density at radius 2 is 2.05 bits per heavy atom. The monoisotopic (exact) mass is 317 g/mol. The minimum absolute atomic E-state index is 0.390. The standard InChI is InChI=1S/C14H20FNO4S/c1-10(13(17)20-4)9-21(18,19)16-14(2,3)11-6-5-7-12(15)8-11/h5-8,10,16H,9H2,1-4H3/t10-/m0/s1. The van der Waals surface area contributed by atoms with Gasteiger partial charge < -0.3 is 4.74 Å². The lowest BCUT2D eigenvalue weighted by Gasteiger charge is -2.27. The average Bonchev–Trinajstić information content (AvgIpc) is 2.35. The average molecular weight is 317 g/mol. The molecule has 1 aromatic carbocycles. The van der Waals surface area contributed by atoms with Gasteiger partial charge in [0, 0.05) is 0 Å². The van der Waals surface area contributed by atoms with Crippen molar-refractivity contribution in [3.05, 3.63) is 35.6 Å². The number of esters is 1. The zero-order valence-corrected chi connectivity index (χ0v) is 13.3. The van der Waals surface area contributed by atoms with E-state index in [2.05, 4.69) is 9.46 Å². The first kappa shape index (κ1) is 17.6. The molecule has 0 saturated heterocycles. The number of carbonyl (C=O) groups is 1. The summed E-state index contributed by atoms with van der Waals surface area (Å²) in [5.41, 5.74) is -0.492. The zero-order chi connectivity index (χ0) is 16.3. The van der Waals surface area contributed by atoms with Gasteiger partial charge in [-0.25, -0.2) is 17.5 Å². The van der Waals surface area contributed by atoms with Crippen LogP contribution in [0.5, 0.6) is 0 Å². The second-order valence-electron chi connectivity index (χ2n) is 5.44. The number of hydrogen-bond acceptors (Lipinski definition) is 4. The molecule has 1 aromatic rings. The molecule has 0 saturated carbocycles. The fraction of sp³-hybridized carbons (Fsp3) is 0.500. The molecule has 0 aromatic heterocycles. The maximum atomic E-state index is 13.3. The van der Waals surface area contributed by atoms with Gasteiger partial charge in [-0.2, -0.15) is 0 Å². The molecule has 0 bridgehead atoms. The molecule has 0 aliphatic heterocycles. The Balaban J connectivity index is 2.89. The number of benzene rings is 1. The summed E-state index contributed by atoms with van der Waals surface area (Å²) in [5.74, 6) is -2.21. The third-order valence-corrected chi connectivity index (χ3v) is 4.79. The third kappa shape index (κ3) is 5.09. The van der Waals surface area contributed by atoms with E-state index in [9.17, 15) is 17.6 Å². The van der Waals surface area contributed by atoms with Crippen molar-refractivity contribution in [2.24, 2.45) is 5.92 Å². The van der Waals surface area contributed by atoms with E-state index in [-0.39, 0.29) is 0 Å². The molecule has 0 fully saturated rings. The van der Waals surface area contributed by atoms with Crippen molar-refractivity contribution in [1.29, 1.82) is 0 Å². The summed E-state index contributed by atoms with van der Waals surface area (Å²) in [6.07, 6.45) is 0. The van der Waals surface area contributed by atoms with Crippen molar-refractivity contribution in [2.45, 2.75) is 26.3 Å². The Morgan fingerprint density at radius 1 is 1.43 bits per heavy atom. The van der Waals surface area contributed by atoms with Crippen molar-refractivity contribution in [3.63, 3.8) is 0 Å². The van der Waals surface area contributed by atoms with E-state index in [0.29, 0.717) is 5.56 Å². The molecular formula is C14H20FNO4S. The number of ether oxygens (including phenoxy) is 1. The van der Waals surface area contributed by atoms with E-state index < -0.39 is 39.0 Å². The van der Waals surface area contributed by atoms with Crippen molar-refractivity contribution in [3.8, 4) is 0 Å². The molecule has 1 atom stereocenters. The van der Waals surface area contributed by atoms with Crippen molar-refractivity contribution in [1.82, 2.24) is 4.72 Å². The molecule has 0 heterocycles. The van der Waals surface area contributed by atoms with Crippen LogP contribution < -0.4 is 4.72 Å². The highest BCUT2D eigenvalue weighted by Crippen LogP contribution is 2.22. The Labute approximate surface area is 124 Å². The second-order valence-corrected chi connectivity index (χ2v) is 7.21. The van der Waals surface area contributed by atoms with E-state index in [1.54, 1.807) is 19.9 Å². The van der Waals surface area contributed by atoms with Gasteiger partial charge in [-0.05, 0) is 31.5 Å². The SMILES string of the molecule is COC(=O)[C@@H](C)CS(=O)(=O)NC(C)(C)c1cccc(F)c1. The summed E-state index contributed by atoms with van der Waals surface area (Å²) in [6, 6.07) is 5.70. The van der Waals surface area contributed by atoms with Crippen LogP contribution in [-0.2, 0) is 25.1 Å². The fourth-order valence-corrected chi connectivity index (χ4v) is 3.74. The van der Waals surface area contributed by atoms with E-state index in [4.69, 9.17) is 0 Å². The Bertz CT molecular complexity index is 613. The molecule has 7 heteroatoms. The lowest BCUT2D eigenvalue weighted by molar-refractivity contribution is -0.144. The summed E-state index contributed by atoms with van der Waals surface area (Å²) in [5, 5.41) is 0. The Hall–Kier alpha value is -1.47. The minimum atomic E-state index is -3.73. The van der Waals surface area contributed by atoms with Gasteiger partial charge in [0.1, 0.15) is 5.82 Å². The molecule has 0 aliphatic rings. The highest BCUT2D eigenvalue weighted by Gasteiger charge is 2.30. The Kier molecular flexibility index (Phi) is 5.47.